The van der Waals surface area contributed by atoms with Crippen molar-refractivity contribution in [3.8, 4) is 0 Å². The van der Waals surface area contributed by atoms with E-state index in [4.69, 9.17) is 1.43 Å². The summed E-state index contributed by atoms with van der Waals surface area (Å²) in [6.07, 6.45) is -7.89. The minimum atomic E-state index is -8.90. The van der Waals surface area contributed by atoms with Crippen LogP contribution in [-0.2, 0) is 10.1 Å². The zero-order chi connectivity index (χ0) is 25.2. The molecular formula is C8HF17O3S. The summed E-state index contributed by atoms with van der Waals surface area (Å²) in [6.45, 7) is 0. The lowest BCUT2D eigenvalue weighted by atomic mass is 9.91. The normalized spacial score (nSPS) is 17.3. The second-order valence-corrected chi connectivity index (χ2v) is 6.34. The van der Waals surface area contributed by atoms with Gasteiger partial charge in [0.25, 0.3) is 0 Å². The fourth-order valence-corrected chi connectivity index (χ4v) is 1.75. The highest BCUT2D eigenvalue weighted by atomic mass is 32.2. The zero-order valence-electron chi connectivity index (χ0n) is 13.1. The number of halogens is 17. The molecule has 0 fully saturated rings. The Kier molecular flexibility index (Phi) is 5.65. The molecule has 1 N–H and O–H groups in total. The Morgan fingerprint density at radius 3 is 0.966 bits per heavy atom. The second-order valence-electron chi connectivity index (χ2n) is 4.92. The van der Waals surface area contributed by atoms with E-state index in [1.54, 1.807) is 0 Å². The summed E-state index contributed by atoms with van der Waals surface area (Å²) in [5.41, 5.74) is 0. The number of hydrogen-bond acceptors (Lipinski definition) is 3. The Bertz CT molecular complexity index is 753. The SMILES string of the molecule is [2H]OS(=O)(=O)C(F)(F)C(F)(F)C(F)(F)C(F)(F)C(F)(F)C(F)(F)C(F)(F)C(F)(F)F. The van der Waals surface area contributed by atoms with E-state index in [1.165, 1.54) is 0 Å². The van der Waals surface area contributed by atoms with Gasteiger partial charge in [0, 0.05) is 0 Å². The molecule has 0 spiro atoms. The average molecular weight is 501 g/mol. The molecule has 0 heterocycles. The van der Waals surface area contributed by atoms with Gasteiger partial charge in [-0.05, 0) is 0 Å². The zero-order valence-corrected chi connectivity index (χ0v) is 12.9. The first-order chi connectivity index (χ1) is 12.6. The minimum Gasteiger partial charge on any atom is -0.281 e. The van der Waals surface area contributed by atoms with E-state index in [-0.39, 0.29) is 0 Å². The molecular weight excluding hydrogens is 499 g/mol. The lowest BCUT2D eigenvalue weighted by molar-refractivity contribution is -0.458. The number of hydrogen-bond donors (Lipinski definition) is 1. The number of rotatable bonds is 8. The van der Waals surface area contributed by atoms with Crippen molar-refractivity contribution in [3.63, 3.8) is 0 Å². The van der Waals surface area contributed by atoms with Gasteiger partial charge >= 0.3 is 57.1 Å². The predicted octanol–water partition coefficient (Wildman–Crippen LogP) is 4.84. The molecule has 0 rings (SSSR count). The molecule has 0 saturated carbocycles. The molecule has 3 nitrogen and oxygen atoms in total. The molecule has 0 aromatic carbocycles. The highest BCUT2D eigenvalue weighted by molar-refractivity contribution is 7.87. The van der Waals surface area contributed by atoms with Crippen molar-refractivity contribution >= 4 is 10.1 Å². The van der Waals surface area contributed by atoms with Gasteiger partial charge in [-0.2, -0.15) is 83.1 Å². The van der Waals surface area contributed by atoms with Gasteiger partial charge in [0.1, 0.15) is 0 Å². The molecule has 0 aromatic rings. The van der Waals surface area contributed by atoms with Crippen LogP contribution >= 0.6 is 0 Å². The van der Waals surface area contributed by atoms with Gasteiger partial charge in [-0.3, -0.25) is 4.56 Å². The van der Waals surface area contributed by atoms with Crippen molar-refractivity contribution in [2.24, 2.45) is 0 Å². The monoisotopic (exact) mass is 501 g/mol. The summed E-state index contributed by atoms with van der Waals surface area (Å²) in [6, 6.07) is 0. The highest BCUT2D eigenvalue weighted by Crippen LogP contribution is 2.64. The summed E-state index contributed by atoms with van der Waals surface area (Å²) >= 11 is 0. The third kappa shape index (κ3) is 3.26. The van der Waals surface area contributed by atoms with E-state index >= 15 is 0 Å². The van der Waals surface area contributed by atoms with Crippen molar-refractivity contribution < 1.29 is 87.6 Å². The van der Waals surface area contributed by atoms with Crippen LogP contribution in [0.5, 0.6) is 0 Å². The maximum absolute atomic E-state index is 13.2. The molecule has 0 saturated heterocycles. The molecule has 0 atom stereocenters. The van der Waals surface area contributed by atoms with E-state index < -0.39 is 57.1 Å². The van der Waals surface area contributed by atoms with Crippen molar-refractivity contribution in [1.29, 1.82) is 1.43 Å². The van der Waals surface area contributed by atoms with E-state index in [0.29, 0.717) is 0 Å². The fraction of sp³-hybridized carbons (Fsp3) is 1.00. The standard InChI is InChI=1S/C8HF17O3S/c9-1(10,3(13,14)5(17,18)7(21,22)23)2(11,12)4(15,16)6(19,20)8(24,25)29(26,27)28/h(H,26,27,28)/i/hD. The lowest BCUT2D eigenvalue weighted by Crippen LogP contribution is -2.74. The molecule has 21 heteroatoms. The quantitative estimate of drug-likeness (QED) is 0.383. The summed E-state index contributed by atoms with van der Waals surface area (Å²) in [4.78, 5) is 0. The molecule has 0 radical (unpaired) electrons. The maximum atomic E-state index is 13.2. The van der Waals surface area contributed by atoms with Gasteiger partial charge in [-0.15, -0.1) is 0 Å². The van der Waals surface area contributed by atoms with E-state index in [9.17, 15) is 83.1 Å². The molecule has 0 aliphatic carbocycles. The van der Waals surface area contributed by atoms with Crippen LogP contribution in [0, 0.1) is 0 Å². The third-order valence-corrected chi connectivity index (χ3v) is 3.89. The lowest BCUT2D eigenvalue weighted by Gasteiger charge is -2.42. The van der Waals surface area contributed by atoms with Gasteiger partial charge in [0.05, 0.1) is 0 Å². The van der Waals surface area contributed by atoms with Crippen LogP contribution in [0.4, 0.5) is 74.6 Å². The summed E-state index contributed by atoms with van der Waals surface area (Å²) < 4.78 is 245. The average Bonchev–Trinajstić information content (AvgIpc) is 2.52. The van der Waals surface area contributed by atoms with E-state index in [0.717, 1.165) is 0 Å². The predicted molar refractivity (Wildman–Crippen MR) is 52.2 cm³/mol. The topological polar surface area (TPSA) is 54.4 Å². The van der Waals surface area contributed by atoms with Gasteiger partial charge < -0.3 is 0 Å². The summed E-state index contributed by atoms with van der Waals surface area (Å²) in [5.74, 6) is -52.0. The Hall–Kier alpha value is -1.28. The summed E-state index contributed by atoms with van der Waals surface area (Å²) in [7, 11) is -7.72. The molecule has 0 amide bonds. The molecule has 0 aliphatic rings. The van der Waals surface area contributed by atoms with Gasteiger partial charge in [0.15, 0.2) is 0 Å². The van der Waals surface area contributed by atoms with Crippen molar-refractivity contribution in [2.45, 2.75) is 47.0 Å². The molecule has 0 aliphatic heterocycles. The first-order valence-corrected chi connectivity index (χ1v) is 7.08. The van der Waals surface area contributed by atoms with Crippen LogP contribution in [0.25, 0.3) is 1.43 Å². The van der Waals surface area contributed by atoms with Crippen LogP contribution in [0.1, 0.15) is 0 Å². The maximum Gasteiger partial charge on any atom is 0.460 e. The number of alkyl halides is 17. The Morgan fingerprint density at radius 2 is 0.724 bits per heavy atom. The van der Waals surface area contributed by atoms with Crippen LogP contribution in [-0.4, -0.2) is 59.9 Å². The van der Waals surface area contributed by atoms with Gasteiger partial charge in [0.2, 0.25) is 1.43 Å². The van der Waals surface area contributed by atoms with E-state index in [2.05, 4.69) is 0 Å². The Balaban J connectivity index is 6.93. The minimum absolute atomic E-state index is 1.86. The molecule has 29 heavy (non-hydrogen) atoms. The van der Waals surface area contributed by atoms with Crippen LogP contribution in [0.3, 0.4) is 0 Å². The molecule has 176 valence electrons. The molecule has 0 unspecified atom stereocenters. The first kappa shape index (κ1) is 25.8. The fourth-order valence-electron chi connectivity index (χ4n) is 1.31. The third-order valence-electron chi connectivity index (χ3n) is 3.01. The first-order valence-electron chi connectivity index (χ1n) is 6.08. The second kappa shape index (κ2) is 6.36. The Morgan fingerprint density at radius 1 is 0.483 bits per heavy atom. The highest BCUT2D eigenvalue weighted by Gasteiger charge is 2.96. The van der Waals surface area contributed by atoms with Crippen molar-refractivity contribution in [1.82, 2.24) is 0 Å². The molecule has 0 aromatic heterocycles. The van der Waals surface area contributed by atoms with Crippen molar-refractivity contribution in [3.05, 3.63) is 0 Å². The Labute approximate surface area is 147 Å². The van der Waals surface area contributed by atoms with Gasteiger partial charge in [-0.1, -0.05) is 0 Å². The van der Waals surface area contributed by atoms with Crippen LogP contribution in [0.15, 0.2) is 0 Å². The summed E-state index contributed by atoms with van der Waals surface area (Å²) in [5, 5.41) is -7.80. The van der Waals surface area contributed by atoms with Crippen LogP contribution in [0.2, 0.25) is 0 Å². The van der Waals surface area contributed by atoms with Gasteiger partial charge in [-0.25, -0.2) is 0 Å². The largest absolute Gasteiger partial charge is 0.460 e. The van der Waals surface area contributed by atoms with E-state index in [1.807, 2.05) is 4.56 Å². The smallest absolute Gasteiger partial charge is 0.281 e. The molecule has 0 bridgehead atoms. The van der Waals surface area contributed by atoms with Crippen LogP contribution < -0.4 is 0 Å². The van der Waals surface area contributed by atoms with Crippen molar-refractivity contribution in [2.75, 3.05) is 0 Å².